The highest BCUT2D eigenvalue weighted by molar-refractivity contribution is 6.08. The lowest BCUT2D eigenvalue weighted by Gasteiger charge is -2.03. The van der Waals surface area contributed by atoms with Gasteiger partial charge in [-0.3, -0.25) is 4.79 Å². The molecule has 6 heteroatoms. The number of rotatable bonds is 2. The Hall–Kier alpha value is -2.76. The molecule has 19 heavy (non-hydrogen) atoms. The van der Waals surface area contributed by atoms with Crippen LogP contribution in [0.15, 0.2) is 48.9 Å². The average molecular weight is 256 g/mol. The third-order valence-corrected chi connectivity index (χ3v) is 2.63. The smallest absolute Gasteiger partial charge is 0.261 e. The molecule has 0 aliphatic carbocycles. The number of fused-ring (bicyclic) bond motifs is 1. The number of anilines is 1. The predicted octanol–water partition coefficient (Wildman–Crippen LogP) is 2.12. The fourth-order valence-corrected chi connectivity index (χ4v) is 1.72. The van der Waals surface area contributed by atoms with Crippen LogP contribution in [0.25, 0.3) is 5.65 Å². The normalized spacial score (nSPS) is 10.6. The number of carbonyl (C=O) groups is 1. The second-order valence-electron chi connectivity index (χ2n) is 3.91. The molecule has 5 nitrogen and oxygen atoms in total. The number of hydrogen-bond acceptors (Lipinski definition) is 3. The molecule has 3 aromatic rings. The van der Waals surface area contributed by atoms with Crippen LogP contribution in [0.5, 0.6) is 0 Å². The van der Waals surface area contributed by atoms with E-state index in [4.69, 9.17) is 0 Å². The number of nitrogens with zero attached hydrogens (tertiary/aromatic N) is 3. The zero-order valence-electron chi connectivity index (χ0n) is 9.75. The van der Waals surface area contributed by atoms with Gasteiger partial charge in [0.25, 0.3) is 5.91 Å². The molecule has 2 aromatic heterocycles. The second-order valence-corrected chi connectivity index (χ2v) is 3.91. The summed E-state index contributed by atoms with van der Waals surface area (Å²) >= 11 is 0. The maximum Gasteiger partial charge on any atom is 0.261 e. The number of carbonyl (C=O) groups excluding carboxylic acids is 1. The summed E-state index contributed by atoms with van der Waals surface area (Å²) in [7, 11) is 0. The van der Waals surface area contributed by atoms with Crippen molar-refractivity contribution in [2.45, 2.75) is 0 Å². The Morgan fingerprint density at radius 1 is 1.26 bits per heavy atom. The first-order chi connectivity index (χ1) is 9.24. The zero-order valence-corrected chi connectivity index (χ0v) is 9.75. The van der Waals surface area contributed by atoms with Gasteiger partial charge in [-0.2, -0.15) is 5.10 Å². The van der Waals surface area contributed by atoms with Crippen LogP contribution in [0.1, 0.15) is 10.4 Å². The molecule has 0 aliphatic heterocycles. The molecule has 0 spiro atoms. The van der Waals surface area contributed by atoms with Gasteiger partial charge in [0.15, 0.2) is 5.65 Å². The average Bonchev–Trinajstić information content (AvgIpc) is 2.85. The zero-order chi connectivity index (χ0) is 13.2. The first-order valence-electron chi connectivity index (χ1n) is 5.59. The summed E-state index contributed by atoms with van der Waals surface area (Å²) < 4.78 is 14.3. The van der Waals surface area contributed by atoms with Gasteiger partial charge in [0.2, 0.25) is 0 Å². The van der Waals surface area contributed by atoms with Crippen molar-refractivity contribution in [3.05, 3.63) is 60.3 Å². The van der Waals surface area contributed by atoms with Crippen LogP contribution in [0.4, 0.5) is 10.1 Å². The van der Waals surface area contributed by atoms with Crippen LogP contribution in [0, 0.1) is 5.82 Å². The lowest BCUT2D eigenvalue weighted by molar-refractivity contribution is 0.102. The molecule has 1 aromatic carbocycles. The van der Waals surface area contributed by atoms with E-state index >= 15 is 0 Å². The summed E-state index contributed by atoms with van der Waals surface area (Å²) in [5.41, 5.74) is 1.36. The Bertz CT molecular complexity index is 736. The number of halogens is 1. The Morgan fingerprint density at radius 3 is 2.84 bits per heavy atom. The molecule has 0 saturated carbocycles. The van der Waals surface area contributed by atoms with Crippen molar-refractivity contribution in [1.82, 2.24) is 14.6 Å². The maximum absolute atomic E-state index is 12.8. The molecule has 2 heterocycles. The van der Waals surface area contributed by atoms with Crippen molar-refractivity contribution < 1.29 is 9.18 Å². The van der Waals surface area contributed by atoms with E-state index < -0.39 is 0 Å². The third kappa shape index (κ3) is 2.15. The van der Waals surface area contributed by atoms with E-state index in [0.29, 0.717) is 16.9 Å². The van der Waals surface area contributed by atoms with Gasteiger partial charge in [-0.1, -0.05) is 0 Å². The Balaban J connectivity index is 1.90. The predicted molar refractivity (Wildman–Crippen MR) is 67.3 cm³/mol. The quantitative estimate of drug-likeness (QED) is 0.764. The largest absolute Gasteiger partial charge is 0.322 e. The molecule has 0 saturated heterocycles. The van der Waals surface area contributed by atoms with Crippen molar-refractivity contribution in [3.8, 4) is 0 Å². The van der Waals surface area contributed by atoms with Gasteiger partial charge >= 0.3 is 0 Å². The summed E-state index contributed by atoms with van der Waals surface area (Å²) in [4.78, 5) is 16.2. The van der Waals surface area contributed by atoms with Crippen molar-refractivity contribution >= 4 is 17.2 Å². The van der Waals surface area contributed by atoms with E-state index in [0.717, 1.165) is 0 Å². The molecule has 0 radical (unpaired) electrons. The van der Waals surface area contributed by atoms with Crippen molar-refractivity contribution in [2.24, 2.45) is 0 Å². The molecular formula is C13H9FN4O. The number of benzene rings is 1. The van der Waals surface area contributed by atoms with Crippen LogP contribution in [0.3, 0.4) is 0 Å². The minimum absolute atomic E-state index is 0.333. The molecule has 0 atom stereocenters. The van der Waals surface area contributed by atoms with Crippen molar-refractivity contribution in [1.29, 1.82) is 0 Å². The van der Waals surface area contributed by atoms with Crippen LogP contribution in [-0.2, 0) is 0 Å². The van der Waals surface area contributed by atoms with Gasteiger partial charge in [-0.25, -0.2) is 13.9 Å². The van der Waals surface area contributed by atoms with Gasteiger partial charge in [0.05, 0.1) is 6.20 Å². The first kappa shape index (κ1) is 11.3. The molecule has 0 unspecified atom stereocenters. The first-order valence-corrected chi connectivity index (χ1v) is 5.59. The summed E-state index contributed by atoms with van der Waals surface area (Å²) in [6, 6.07) is 7.27. The summed E-state index contributed by atoms with van der Waals surface area (Å²) in [5.74, 6) is -0.684. The van der Waals surface area contributed by atoms with Gasteiger partial charge in [-0.15, -0.1) is 0 Å². The molecule has 94 valence electrons. The fourth-order valence-electron chi connectivity index (χ4n) is 1.72. The molecular weight excluding hydrogens is 247 g/mol. The molecule has 3 rings (SSSR count). The lowest BCUT2D eigenvalue weighted by Crippen LogP contribution is -2.11. The minimum Gasteiger partial charge on any atom is -0.322 e. The summed E-state index contributed by atoms with van der Waals surface area (Å²) in [6.45, 7) is 0. The van der Waals surface area contributed by atoms with E-state index in [1.54, 1.807) is 18.5 Å². The van der Waals surface area contributed by atoms with Gasteiger partial charge in [0.1, 0.15) is 11.4 Å². The fraction of sp³-hybridized carbons (Fsp3) is 0. The van der Waals surface area contributed by atoms with Crippen LogP contribution in [0.2, 0.25) is 0 Å². The van der Waals surface area contributed by atoms with E-state index in [1.807, 2.05) is 0 Å². The Kier molecular flexibility index (Phi) is 2.68. The summed E-state index contributed by atoms with van der Waals surface area (Å²) in [6.07, 6.45) is 4.74. The van der Waals surface area contributed by atoms with E-state index in [2.05, 4.69) is 15.4 Å². The minimum atomic E-state index is -0.351. The van der Waals surface area contributed by atoms with E-state index in [1.165, 1.54) is 35.0 Å². The lowest BCUT2D eigenvalue weighted by atomic mass is 10.2. The van der Waals surface area contributed by atoms with Gasteiger partial charge in [-0.05, 0) is 30.3 Å². The van der Waals surface area contributed by atoms with Crippen molar-refractivity contribution in [2.75, 3.05) is 5.32 Å². The Labute approximate surface area is 107 Å². The maximum atomic E-state index is 12.8. The number of aromatic nitrogens is 3. The highest BCUT2D eigenvalue weighted by atomic mass is 19.1. The summed E-state index contributed by atoms with van der Waals surface area (Å²) in [5, 5.41) is 6.69. The molecule has 0 aliphatic rings. The van der Waals surface area contributed by atoms with Gasteiger partial charge in [0, 0.05) is 18.1 Å². The number of amides is 1. The van der Waals surface area contributed by atoms with Crippen molar-refractivity contribution in [3.63, 3.8) is 0 Å². The third-order valence-electron chi connectivity index (χ3n) is 2.63. The monoisotopic (exact) mass is 256 g/mol. The topological polar surface area (TPSA) is 59.3 Å². The van der Waals surface area contributed by atoms with Crippen LogP contribution < -0.4 is 5.32 Å². The van der Waals surface area contributed by atoms with Crippen LogP contribution in [-0.4, -0.2) is 20.5 Å². The number of nitrogens with one attached hydrogen (secondary N) is 1. The SMILES string of the molecule is O=C(Nc1ccc(F)cc1)c1cnn2cccnc12. The standard InChI is InChI=1S/C13H9FN4O/c14-9-2-4-10(5-3-9)17-13(19)11-8-16-18-7-1-6-15-12(11)18/h1-8H,(H,17,19). The Morgan fingerprint density at radius 2 is 2.05 bits per heavy atom. The molecule has 1 amide bonds. The van der Waals surface area contributed by atoms with E-state index in [9.17, 15) is 9.18 Å². The highest BCUT2D eigenvalue weighted by Crippen LogP contribution is 2.12. The van der Waals surface area contributed by atoms with Crippen LogP contribution >= 0.6 is 0 Å². The van der Waals surface area contributed by atoms with Gasteiger partial charge < -0.3 is 5.32 Å². The molecule has 1 N–H and O–H groups in total. The van der Waals surface area contributed by atoms with E-state index in [-0.39, 0.29) is 11.7 Å². The number of hydrogen-bond donors (Lipinski definition) is 1. The second kappa shape index (κ2) is 4.49. The highest BCUT2D eigenvalue weighted by Gasteiger charge is 2.13. The molecule has 0 bridgehead atoms. The molecule has 0 fully saturated rings.